The topological polar surface area (TPSA) is 15.3 Å². The molecule has 0 aliphatic carbocycles. The maximum atomic E-state index is 3.78. The second-order valence-electron chi connectivity index (χ2n) is 6.30. The van der Waals surface area contributed by atoms with Crippen molar-refractivity contribution in [2.24, 2.45) is 0 Å². The molecule has 1 aromatic rings. The van der Waals surface area contributed by atoms with E-state index in [9.17, 15) is 0 Å². The fourth-order valence-electron chi connectivity index (χ4n) is 2.82. The number of likely N-dealkylation sites (tertiary alicyclic amines) is 1. The van der Waals surface area contributed by atoms with E-state index in [2.05, 4.69) is 77.3 Å². The second-order valence-corrected chi connectivity index (χ2v) is 7.22. The maximum Gasteiger partial charge on any atom is 0.0294 e. The van der Waals surface area contributed by atoms with Crippen LogP contribution in [0.25, 0.3) is 0 Å². The zero-order valence-corrected chi connectivity index (χ0v) is 15.0. The summed E-state index contributed by atoms with van der Waals surface area (Å²) in [5.41, 5.74) is 2.77. The normalized spacial score (nSPS) is 18.5. The van der Waals surface area contributed by atoms with Crippen LogP contribution < -0.4 is 5.32 Å². The monoisotopic (exact) mass is 350 g/mol. The summed E-state index contributed by atoms with van der Waals surface area (Å²) < 4.78 is 1.16. The fraction of sp³-hybridized carbons (Fsp3) is 0.556. The lowest BCUT2D eigenvalue weighted by atomic mass is 10.0. The van der Waals surface area contributed by atoms with Gasteiger partial charge in [-0.3, -0.25) is 4.90 Å². The van der Waals surface area contributed by atoms with Gasteiger partial charge in [-0.15, -0.1) is 0 Å². The summed E-state index contributed by atoms with van der Waals surface area (Å²) in [4.78, 5) is 2.55. The molecule has 1 heterocycles. The molecule has 2 rings (SSSR count). The summed E-state index contributed by atoms with van der Waals surface area (Å²) in [6, 6.07) is 9.66. The van der Waals surface area contributed by atoms with Crippen molar-refractivity contribution < 1.29 is 0 Å². The second kappa shape index (κ2) is 8.11. The first-order valence-electron chi connectivity index (χ1n) is 7.92. The Morgan fingerprint density at radius 3 is 2.71 bits per heavy atom. The molecule has 3 heteroatoms. The Bertz CT molecular complexity index is 472. The van der Waals surface area contributed by atoms with E-state index in [1.165, 1.54) is 37.1 Å². The van der Waals surface area contributed by atoms with Gasteiger partial charge in [0, 0.05) is 23.1 Å². The van der Waals surface area contributed by atoms with Crippen molar-refractivity contribution in [3.63, 3.8) is 0 Å². The smallest absolute Gasteiger partial charge is 0.0294 e. The minimum Gasteiger partial charge on any atom is -0.307 e. The van der Waals surface area contributed by atoms with Crippen molar-refractivity contribution in [2.75, 3.05) is 19.6 Å². The van der Waals surface area contributed by atoms with Crippen molar-refractivity contribution >= 4 is 15.9 Å². The van der Waals surface area contributed by atoms with Crippen LogP contribution in [0, 0.1) is 0 Å². The Balaban J connectivity index is 1.79. The molecule has 21 heavy (non-hydrogen) atoms. The van der Waals surface area contributed by atoms with Crippen molar-refractivity contribution in [1.82, 2.24) is 10.2 Å². The van der Waals surface area contributed by atoms with E-state index >= 15 is 0 Å². The highest BCUT2D eigenvalue weighted by Gasteiger charge is 2.20. The molecule has 1 aromatic carbocycles. The van der Waals surface area contributed by atoms with Gasteiger partial charge in [0.2, 0.25) is 0 Å². The molecular formula is C18H27BrN2. The third-order valence-corrected chi connectivity index (χ3v) is 4.67. The minimum absolute atomic E-state index is 0.414. The van der Waals surface area contributed by atoms with E-state index in [0.29, 0.717) is 12.1 Å². The first-order chi connectivity index (χ1) is 10.0. The Kier molecular flexibility index (Phi) is 6.46. The Labute approximate surface area is 137 Å². The molecule has 0 aromatic heterocycles. The molecule has 2 nitrogen and oxygen atoms in total. The molecular weight excluding hydrogens is 324 g/mol. The zero-order valence-electron chi connectivity index (χ0n) is 13.4. The zero-order chi connectivity index (χ0) is 15.2. The van der Waals surface area contributed by atoms with Gasteiger partial charge in [0.1, 0.15) is 0 Å². The van der Waals surface area contributed by atoms with Crippen LogP contribution in [0.1, 0.15) is 45.2 Å². The number of hydrogen-bond donors (Lipinski definition) is 1. The van der Waals surface area contributed by atoms with Gasteiger partial charge in [-0.2, -0.15) is 0 Å². The van der Waals surface area contributed by atoms with Crippen LogP contribution in [0.15, 0.2) is 40.4 Å². The molecule has 0 amide bonds. The molecule has 0 bridgehead atoms. The lowest BCUT2D eigenvalue weighted by Crippen LogP contribution is -2.43. The molecule has 0 unspecified atom stereocenters. The molecule has 1 N–H and O–H groups in total. The number of piperidine rings is 1. The number of nitrogens with zero attached hydrogens (tertiary/aromatic N) is 1. The van der Waals surface area contributed by atoms with Gasteiger partial charge in [0.15, 0.2) is 0 Å². The lowest BCUT2D eigenvalue weighted by molar-refractivity contribution is 0.208. The van der Waals surface area contributed by atoms with E-state index in [0.717, 1.165) is 11.0 Å². The third-order valence-electron chi connectivity index (χ3n) is 4.18. The van der Waals surface area contributed by atoms with Gasteiger partial charge in [-0.25, -0.2) is 0 Å². The summed E-state index contributed by atoms with van der Waals surface area (Å²) in [6.07, 6.45) is 4.82. The summed E-state index contributed by atoms with van der Waals surface area (Å²) in [6.45, 7) is 10.1. The molecule has 1 aliphatic rings. The molecule has 1 atom stereocenters. The molecule has 116 valence electrons. The Hall–Kier alpha value is -0.640. The largest absolute Gasteiger partial charge is 0.307 e. The summed E-state index contributed by atoms with van der Waals surface area (Å²) >= 11 is 3.55. The molecule has 1 saturated heterocycles. The number of rotatable bonds is 5. The lowest BCUT2D eigenvalue weighted by Gasteiger charge is -2.33. The van der Waals surface area contributed by atoms with Gasteiger partial charge in [0.25, 0.3) is 0 Å². The van der Waals surface area contributed by atoms with E-state index in [1.807, 2.05) is 0 Å². The number of nitrogens with one attached hydrogen (secondary N) is 1. The molecule has 1 fully saturated rings. The number of benzene rings is 1. The number of allylic oxidation sites excluding steroid dienone is 1. The van der Waals surface area contributed by atoms with Crippen LogP contribution in [0.3, 0.4) is 0 Å². The highest BCUT2D eigenvalue weighted by molar-refractivity contribution is 9.10. The molecule has 0 spiro atoms. The highest BCUT2D eigenvalue weighted by Crippen LogP contribution is 2.20. The SMILES string of the molecule is CC(C)=CCN1CCC(N[C@H](C)c2cccc(Br)c2)CC1. The van der Waals surface area contributed by atoms with E-state index in [1.54, 1.807) is 0 Å². The summed E-state index contributed by atoms with van der Waals surface area (Å²) in [5, 5.41) is 3.78. The first kappa shape index (κ1) is 16.7. The van der Waals surface area contributed by atoms with Crippen molar-refractivity contribution in [3.05, 3.63) is 46.0 Å². The van der Waals surface area contributed by atoms with E-state index < -0.39 is 0 Å². The highest BCUT2D eigenvalue weighted by atomic mass is 79.9. The predicted molar refractivity (Wildman–Crippen MR) is 94.6 cm³/mol. The van der Waals surface area contributed by atoms with Crippen LogP contribution in [-0.4, -0.2) is 30.6 Å². The van der Waals surface area contributed by atoms with E-state index in [4.69, 9.17) is 0 Å². The minimum atomic E-state index is 0.414. The summed E-state index contributed by atoms with van der Waals surface area (Å²) in [5.74, 6) is 0. The van der Waals surface area contributed by atoms with Crippen molar-refractivity contribution in [3.8, 4) is 0 Å². The Morgan fingerprint density at radius 2 is 2.10 bits per heavy atom. The van der Waals surface area contributed by atoms with E-state index in [-0.39, 0.29) is 0 Å². The molecule has 0 radical (unpaired) electrons. The first-order valence-corrected chi connectivity index (χ1v) is 8.71. The number of hydrogen-bond acceptors (Lipinski definition) is 2. The van der Waals surface area contributed by atoms with Crippen LogP contribution in [0.5, 0.6) is 0 Å². The fourth-order valence-corrected chi connectivity index (χ4v) is 3.24. The van der Waals surface area contributed by atoms with Crippen LogP contribution in [0.2, 0.25) is 0 Å². The van der Waals surface area contributed by atoms with Crippen molar-refractivity contribution in [2.45, 2.75) is 45.7 Å². The van der Waals surface area contributed by atoms with Gasteiger partial charge >= 0.3 is 0 Å². The van der Waals surface area contributed by atoms with Gasteiger partial charge in [-0.1, -0.05) is 39.7 Å². The quantitative estimate of drug-likeness (QED) is 0.784. The Morgan fingerprint density at radius 1 is 1.38 bits per heavy atom. The number of halogens is 1. The molecule has 1 aliphatic heterocycles. The average Bonchev–Trinajstić information content (AvgIpc) is 2.46. The average molecular weight is 351 g/mol. The van der Waals surface area contributed by atoms with Crippen molar-refractivity contribution in [1.29, 1.82) is 0 Å². The van der Waals surface area contributed by atoms with Gasteiger partial charge in [-0.05, 0) is 64.4 Å². The summed E-state index contributed by atoms with van der Waals surface area (Å²) in [7, 11) is 0. The maximum absolute atomic E-state index is 3.78. The third kappa shape index (κ3) is 5.57. The van der Waals surface area contributed by atoms with Gasteiger partial charge < -0.3 is 5.32 Å². The molecule has 0 saturated carbocycles. The van der Waals surface area contributed by atoms with Crippen LogP contribution >= 0.6 is 15.9 Å². The predicted octanol–water partition coefficient (Wildman–Crippen LogP) is 4.53. The van der Waals surface area contributed by atoms with Crippen LogP contribution in [-0.2, 0) is 0 Å². The van der Waals surface area contributed by atoms with Gasteiger partial charge in [0.05, 0.1) is 0 Å². The standard InChI is InChI=1S/C18H27BrN2/c1-14(2)7-10-21-11-8-18(9-12-21)20-15(3)16-5-4-6-17(19)13-16/h4-7,13,15,18,20H,8-12H2,1-3H3/t15-/m1/s1. The van der Waals surface area contributed by atoms with Crippen LogP contribution in [0.4, 0.5) is 0 Å².